The van der Waals surface area contributed by atoms with Crippen LogP contribution < -0.4 is 0 Å². The third-order valence-corrected chi connectivity index (χ3v) is 5.68. The Kier molecular flexibility index (Phi) is 2.90. The third kappa shape index (κ3) is 2.36. The minimum Gasteiger partial charge on any atom is -0.332 e. The molecule has 0 aromatic rings. The predicted molar refractivity (Wildman–Crippen MR) is 55.1 cm³/mol. The van der Waals surface area contributed by atoms with Crippen molar-refractivity contribution in [3.8, 4) is 12.3 Å². The van der Waals surface area contributed by atoms with Crippen molar-refractivity contribution in [3.05, 3.63) is 0 Å². The van der Waals surface area contributed by atoms with E-state index in [2.05, 4.69) is 12.8 Å². The van der Waals surface area contributed by atoms with Crippen LogP contribution in [0.15, 0.2) is 0 Å². The maximum absolute atomic E-state index is 12.1. The van der Waals surface area contributed by atoms with Crippen molar-refractivity contribution < 1.29 is 9.09 Å². The van der Waals surface area contributed by atoms with Crippen LogP contribution in [0.25, 0.3) is 0 Å². The second-order valence-electron chi connectivity index (χ2n) is 4.35. The summed E-state index contributed by atoms with van der Waals surface area (Å²) in [4.78, 5) is 0. The van der Waals surface area contributed by atoms with E-state index in [4.69, 9.17) is 10.9 Å². The molecule has 0 N–H and O–H groups in total. The Morgan fingerprint density at radius 3 is 2.77 bits per heavy atom. The van der Waals surface area contributed by atoms with Crippen LogP contribution in [0.3, 0.4) is 0 Å². The predicted octanol–water partition coefficient (Wildman–Crippen LogP) is 2.59. The van der Waals surface area contributed by atoms with Gasteiger partial charge < -0.3 is 4.52 Å². The Bertz CT molecular complexity index is 279. The summed E-state index contributed by atoms with van der Waals surface area (Å²) in [6.07, 6.45) is 7.62. The molecule has 0 aromatic carbocycles. The van der Waals surface area contributed by atoms with Gasteiger partial charge in [0.1, 0.15) is 0 Å². The number of rotatable bonds is 1. The molecule has 1 fully saturated rings. The van der Waals surface area contributed by atoms with Crippen molar-refractivity contribution >= 4 is 7.37 Å². The van der Waals surface area contributed by atoms with Gasteiger partial charge in [-0.05, 0) is 19.3 Å². The molecule has 3 unspecified atom stereocenters. The van der Waals surface area contributed by atoms with Crippen LogP contribution in [0.2, 0.25) is 0 Å². The summed E-state index contributed by atoms with van der Waals surface area (Å²) in [5, 5.41) is 0. The Labute approximate surface area is 80.5 Å². The van der Waals surface area contributed by atoms with E-state index in [1.807, 2.05) is 6.92 Å². The Morgan fingerprint density at radius 2 is 2.31 bits per heavy atom. The van der Waals surface area contributed by atoms with Gasteiger partial charge in [-0.25, -0.2) is 0 Å². The monoisotopic (exact) mass is 200 g/mol. The molecule has 3 atom stereocenters. The molecule has 74 valence electrons. The summed E-state index contributed by atoms with van der Waals surface area (Å²) in [7, 11) is -0.907. The van der Waals surface area contributed by atoms with Crippen molar-refractivity contribution in [3.63, 3.8) is 0 Å². The van der Waals surface area contributed by atoms with Crippen LogP contribution in [0, 0.1) is 23.7 Å². The Hall–Kier alpha value is -0.250. The highest BCUT2D eigenvalue weighted by molar-refractivity contribution is 7.59. The molecule has 1 aliphatic rings. The van der Waals surface area contributed by atoms with Crippen LogP contribution in [-0.2, 0) is 9.09 Å². The summed E-state index contributed by atoms with van der Waals surface area (Å²) in [5.74, 6) is 3.15. The van der Waals surface area contributed by atoms with Crippen molar-refractivity contribution in [2.75, 3.05) is 19.4 Å². The smallest absolute Gasteiger partial charge is 0.204 e. The number of terminal acetylenes is 1. The molecule has 1 rings (SSSR count). The lowest BCUT2D eigenvalue weighted by molar-refractivity contribution is 0.309. The zero-order valence-electron chi connectivity index (χ0n) is 8.54. The van der Waals surface area contributed by atoms with Crippen LogP contribution >= 0.6 is 7.37 Å². The first-order valence-corrected chi connectivity index (χ1v) is 6.54. The second-order valence-corrected chi connectivity index (χ2v) is 7.03. The van der Waals surface area contributed by atoms with Crippen LogP contribution in [0.1, 0.15) is 20.3 Å². The average Bonchev–Trinajstić information content (AvgIpc) is 2.02. The summed E-state index contributed by atoms with van der Waals surface area (Å²) in [5.41, 5.74) is -0.233. The lowest BCUT2D eigenvalue weighted by atomic mass is 9.84. The molecule has 0 radical (unpaired) electrons. The van der Waals surface area contributed by atoms with Gasteiger partial charge in [0.25, 0.3) is 0 Å². The highest BCUT2D eigenvalue weighted by atomic mass is 31.2. The summed E-state index contributed by atoms with van der Waals surface area (Å²) < 4.78 is 17.2. The minimum absolute atomic E-state index is 0.233. The van der Waals surface area contributed by atoms with Gasteiger partial charge in [-0.3, -0.25) is 4.57 Å². The van der Waals surface area contributed by atoms with Gasteiger partial charge in [-0.15, -0.1) is 6.42 Å². The first-order valence-electron chi connectivity index (χ1n) is 4.55. The van der Waals surface area contributed by atoms with Gasteiger partial charge in [0.05, 0.1) is 0 Å². The maximum Gasteiger partial charge on any atom is 0.204 e. The van der Waals surface area contributed by atoms with E-state index in [1.54, 1.807) is 0 Å². The van der Waals surface area contributed by atoms with Gasteiger partial charge in [0, 0.05) is 24.8 Å². The van der Waals surface area contributed by atoms with E-state index in [0.717, 1.165) is 6.42 Å². The molecule has 0 saturated carbocycles. The van der Waals surface area contributed by atoms with Gasteiger partial charge in [-0.2, -0.15) is 0 Å². The fourth-order valence-corrected chi connectivity index (χ4v) is 4.98. The zero-order valence-corrected chi connectivity index (χ0v) is 9.43. The van der Waals surface area contributed by atoms with E-state index in [1.165, 1.54) is 7.11 Å². The van der Waals surface area contributed by atoms with E-state index in [0.29, 0.717) is 18.2 Å². The minimum atomic E-state index is -2.43. The molecule has 1 aliphatic heterocycles. The van der Waals surface area contributed by atoms with Crippen molar-refractivity contribution in [1.29, 1.82) is 0 Å². The first kappa shape index (κ1) is 10.8. The molecule has 0 aromatic heterocycles. The van der Waals surface area contributed by atoms with Gasteiger partial charge in [0.15, 0.2) is 0 Å². The fourth-order valence-electron chi connectivity index (χ4n) is 2.21. The van der Waals surface area contributed by atoms with E-state index < -0.39 is 7.37 Å². The molecule has 0 amide bonds. The van der Waals surface area contributed by atoms with E-state index >= 15 is 0 Å². The van der Waals surface area contributed by atoms with Crippen LogP contribution in [0.4, 0.5) is 0 Å². The first-order chi connectivity index (χ1) is 5.93. The summed E-state index contributed by atoms with van der Waals surface area (Å²) in [6, 6.07) is 0. The molecule has 1 saturated heterocycles. The molecular formula is C10H17O2P. The number of hydrogen-bond donors (Lipinski definition) is 0. The normalized spacial score (nSPS) is 45.5. The standard InChI is InChI=1S/C10H17O2P/c1-5-10(3)6-9(2)7-13(11,8-10)12-4/h1,9H,6-8H2,2-4H3. The summed E-state index contributed by atoms with van der Waals surface area (Å²) in [6.45, 7) is 4.08. The van der Waals surface area contributed by atoms with Crippen molar-refractivity contribution in [2.45, 2.75) is 20.3 Å². The summed E-state index contributed by atoms with van der Waals surface area (Å²) >= 11 is 0. The van der Waals surface area contributed by atoms with Gasteiger partial charge in [-0.1, -0.05) is 12.8 Å². The maximum atomic E-state index is 12.1. The highest BCUT2D eigenvalue weighted by Crippen LogP contribution is 2.57. The van der Waals surface area contributed by atoms with Gasteiger partial charge in [0.2, 0.25) is 7.37 Å². The molecular weight excluding hydrogens is 183 g/mol. The van der Waals surface area contributed by atoms with Crippen LogP contribution in [-0.4, -0.2) is 19.4 Å². The topological polar surface area (TPSA) is 26.3 Å². The Morgan fingerprint density at radius 1 is 1.69 bits per heavy atom. The molecule has 3 heteroatoms. The lowest BCUT2D eigenvalue weighted by Crippen LogP contribution is -2.30. The zero-order chi connectivity index (χ0) is 10.1. The van der Waals surface area contributed by atoms with Crippen LogP contribution in [0.5, 0.6) is 0 Å². The molecule has 0 aliphatic carbocycles. The third-order valence-electron chi connectivity index (χ3n) is 2.66. The number of hydrogen-bond acceptors (Lipinski definition) is 2. The lowest BCUT2D eigenvalue weighted by Gasteiger charge is -2.36. The fraction of sp³-hybridized carbons (Fsp3) is 0.800. The molecule has 13 heavy (non-hydrogen) atoms. The molecule has 2 nitrogen and oxygen atoms in total. The molecule has 1 heterocycles. The van der Waals surface area contributed by atoms with E-state index in [-0.39, 0.29) is 5.41 Å². The largest absolute Gasteiger partial charge is 0.332 e. The average molecular weight is 200 g/mol. The second kappa shape index (κ2) is 3.48. The van der Waals surface area contributed by atoms with Crippen molar-refractivity contribution in [1.82, 2.24) is 0 Å². The quantitative estimate of drug-likeness (QED) is 0.480. The van der Waals surface area contributed by atoms with Gasteiger partial charge >= 0.3 is 0 Å². The molecule has 0 spiro atoms. The highest BCUT2D eigenvalue weighted by Gasteiger charge is 2.41. The SMILES string of the molecule is C#CC1(C)CC(C)CP(=O)(OC)C1. The van der Waals surface area contributed by atoms with E-state index in [9.17, 15) is 4.57 Å². The Balaban J connectivity index is 2.88. The molecule has 0 bridgehead atoms. The van der Waals surface area contributed by atoms with Crippen molar-refractivity contribution in [2.24, 2.45) is 11.3 Å².